The zero-order valence-electron chi connectivity index (χ0n) is 12.1. The molecule has 0 amide bonds. The minimum absolute atomic E-state index is 0.494. The minimum Gasteiger partial charge on any atom is -0.309 e. The minimum atomic E-state index is 0.494. The van der Waals surface area contributed by atoms with Gasteiger partial charge in [-0.15, -0.1) is 0 Å². The first-order valence-electron chi connectivity index (χ1n) is 8.30. The Morgan fingerprint density at radius 1 is 1.22 bits per heavy atom. The third-order valence-electron chi connectivity index (χ3n) is 5.51. The fraction of sp³-hybridized carbons (Fsp3) is 1.00. The molecule has 1 unspecified atom stereocenters. The van der Waals surface area contributed by atoms with Crippen LogP contribution in [0, 0.1) is 5.92 Å². The normalized spacial score (nSPS) is 30.5. The lowest BCUT2D eigenvalue weighted by Gasteiger charge is -2.48. The van der Waals surface area contributed by atoms with Gasteiger partial charge in [-0.1, -0.05) is 39.0 Å². The summed E-state index contributed by atoms with van der Waals surface area (Å²) < 4.78 is 0. The summed E-state index contributed by atoms with van der Waals surface area (Å²) >= 11 is 0. The molecule has 0 bridgehead atoms. The first kappa shape index (κ1) is 12.9. The highest BCUT2D eigenvalue weighted by Crippen LogP contribution is 2.37. The molecule has 2 saturated carbocycles. The van der Waals surface area contributed by atoms with Crippen LogP contribution >= 0.6 is 0 Å². The van der Waals surface area contributed by atoms with Crippen LogP contribution < -0.4 is 5.32 Å². The van der Waals surface area contributed by atoms with Crippen LogP contribution in [-0.2, 0) is 0 Å². The predicted molar refractivity (Wildman–Crippen MR) is 76.8 cm³/mol. The largest absolute Gasteiger partial charge is 0.309 e. The average molecular weight is 250 g/mol. The van der Waals surface area contributed by atoms with E-state index >= 15 is 0 Å². The van der Waals surface area contributed by atoms with Crippen molar-refractivity contribution in [3.63, 3.8) is 0 Å². The van der Waals surface area contributed by atoms with Gasteiger partial charge in [0.1, 0.15) is 0 Å². The van der Waals surface area contributed by atoms with Crippen molar-refractivity contribution in [1.29, 1.82) is 0 Å². The molecule has 0 aromatic carbocycles. The number of nitrogens with one attached hydrogen (secondary N) is 1. The summed E-state index contributed by atoms with van der Waals surface area (Å²) in [7, 11) is 0. The standard InChI is InChI=1S/C16H30N2/c1-2-15(12-14-6-7-14)18-11-10-17-16(13-18)8-4-3-5-9-16/h14-15,17H,2-13H2,1H3. The van der Waals surface area contributed by atoms with Gasteiger partial charge in [0.05, 0.1) is 0 Å². The van der Waals surface area contributed by atoms with Crippen LogP contribution in [0.3, 0.4) is 0 Å². The van der Waals surface area contributed by atoms with Crippen LogP contribution in [0.4, 0.5) is 0 Å². The summed E-state index contributed by atoms with van der Waals surface area (Å²) in [5.41, 5.74) is 0.494. The first-order valence-corrected chi connectivity index (χ1v) is 8.30. The molecule has 18 heavy (non-hydrogen) atoms. The van der Waals surface area contributed by atoms with Gasteiger partial charge in [0.2, 0.25) is 0 Å². The van der Waals surface area contributed by atoms with Gasteiger partial charge in [0.15, 0.2) is 0 Å². The first-order chi connectivity index (χ1) is 8.81. The van der Waals surface area contributed by atoms with Gasteiger partial charge >= 0.3 is 0 Å². The van der Waals surface area contributed by atoms with E-state index in [1.807, 2.05) is 0 Å². The fourth-order valence-corrected chi connectivity index (χ4v) is 4.18. The van der Waals surface area contributed by atoms with Crippen LogP contribution in [-0.4, -0.2) is 36.1 Å². The molecule has 1 N–H and O–H groups in total. The van der Waals surface area contributed by atoms with E-state index in [0.29, 0.717) is 5.54 Å². The lowest BCUT2D eigenvalue weighted by Crippen LogP contribution is -2.62. The van der Waals surface area contributed by atoms with Crippen molar-refractivity contribution in [2.75, 3.05) is 19.6 Å². The van der Waals surface area contributed by atoms with E-state index in [1.165, 1.54) is 77.4 Å². The molecule has 3 aliphatic rings. The van der Waals surface area contributed by atoms with E-state index in [2.05, 4.69) is 17.1 Å². The third-order valence-corrected chi connectivity index (χ3v) is 5.51. The maximum absolute atomic E-state index is 3.87. The smallest absolute Gasteiger partial charge is 0.0309 e. The molecule has 1 spiro atoms. The van der Waals surface area contributed by atoms with E-state index < -0.39 is 0 Å². The Balaban J connectivity index is 1.60. The van der Waals surface area contributed by atoms with E-state index in [9.17, 15) is 0 Å². The number of piperazine rings is 1. The van der Waals surface area contributed by atoms with E-state index in [-0.39, 0.29) is 0 Å². The Kier molecular flexibility index (Phi) is 3.95. The lowest BCUT2D eigenvalue weighted by atomic mass is 9.79. The Bertz CT molecular complexity index is 261. The van der Waals surface area contributed by atoms with Gasteiger partial charge in [-0.2, -0.15) is 0 Å². The molecule has 1 aliphatic heterocycles. The maximum atomic E-state index is 3.87. The predicted octanol–water partition coefficient (Wildman–Crippen LogP) is 3.17. The van der Waals surface area contributed by atoms with Crippen LogP contribution in [0.2, 0.25) is 0 Å². The zero-order chi connectivity index (χ0) is 12.4. The van der Waals surface area contributed by atoms with Crippen molar-refractivity contribution in [2.24, 2.45) is 5.92 Å². The third kappa shape index (κ3) is 2.91. The Hall–Kier alpha value is -0.0800. The molecule has 0 aromatic heterocycles. The van der Waals surface area contributed by atoms with Crippen molar-refractivity contribution in [2.45, 2.75) is 76.3 Å². The van der Waals surface area contributed by atoms with E-state index in [0.717, 1.165) is 12.0 Å². The molecule has 3 fully saturated rings. The second-order valence-electron chi connectivity index (χ2n) is 6.98. The van der Waals surface area contributed by atoms with Gasteiger partial charge in [0, 0.05) is 31.2 Å². The highest BCUT2D eigenvalue weighted by molar-refractivity contribution is 4.98. The topological polar surface area (TPSA) is 15.3 Å². The Morgan fingerprint density at radius 3 is 2.67 bits per heavy atom. The van der Waals surface area contributed by atoms with Crippen molar-refractivity contribution >= 4 is 0 Å². The van der Waals surface area contributed by atoms with Crippen LogP contribution in [0.1, 0.15) is 64.7 Å². The SMILES string of the molecule is CCC(CC1CC1)N1CCNC2(CCCCC2)C1. The summed E-state index contributed by atoms with van der Waals surface area (Å²) in [4.78, 5) is 2.83. The van der Waals surface area contributed by atoms with Crippen LogP contribution in [0.25, 0.3) is 0 Å². The molecule has 2 nitrogen and oxygen atoms in total. The number of hydrogen-bond acceptors (Lipinski definition) is 2. The lowest BCUT2D eigenvalue weighted by molar-refractivity contribution is 0.0611. The van der Waals surface area contributed by atoms with Crippen molar-refractivity contribution in [3.8, 4) is 0 Å². The summed E-state index contributed by atoms with van der Waals surface area (Å²) in [6.07, 6.45) is 13.0. The van der Waals surface area contributed by atoms with Gasteiger partial charge in [-0.25, -0.2) is 0 Å². The molecular weight excluding hydrogens is 220 g/mol. The fourth-order valence-electron chi connectivity index (χ4n) is 4.18. The molecule has 2 aliphatic carbocycles. The van der Waals surface area contributed by atoms with Crippen molar-refractivity contribution in [1.82, 2.24) is 10.2 Å². The quantitative estimate of drug-likeness (QED) is 0.824. The molecule has 1 atom stereocenters. The molecule has 3 rings (SSSR count). The Labute approximate surface area is 113 Å². The molecule has 104 valence electrons. The van der Waals surface area contributed by atoms with Gasteiger partial charge in [-0.05, 0) is 31.6 Å². The zero-order valence-corrected chi connectivity index (χ0v) is 12.1. The van der Waals surface area contributed by atoms with Gasteiger partial charge in [0.25, 0.3) is 0 Å². The summed E-state index contributed by atoms with van der Waals surface area (Å²) in [6, 6.07) is 0.874. The molecule has 1 saturated heterocycles. The maximum Gasteiger partial charge on any atom is 0.0309 e. The molecule has 0 radical (unpaired) electrons. The van der Waals surface area contributed by atoms with Crippen LogP contribution in [0.5, 0.6) is 0 Å². The molecule has 2 heteroatoms. The molecule has 0 aromatic rings. The second kappa shape index (κ2) is 5.50. The second-order valence-corrected chi connectivity index (χ2v) is 6.98. The Morgan fingerprint density at radius 2 is 2.00 bits per heavy atom. The summed E-state index contributed by atoms with van der Waals surface area (Å²) in [6.45, 7) is 6.23. The number of rotatable bonds is 4. The van der Waals surface area contributed by atoms with Crippen molar-refractivity contribution < 1.29 is 0 Å². The average Bonchev–Trinajstić information content (AvgIpc) is 3.21. The van der Waals surface area contributed by atoms with E-state index in [4.69, 9.17) is 0 Å². The highest BCUT2D eigenvalue weighted by atomic mass is 15.2. The molecule has 1 heterocycles. The monoisotopic (exact) mass is 250 g/mol. The van der Waals surface area contributed by atoms with Crippen molar-refractivity contribution in [3.05, 3.63) is 0 Å². The highest BCUT2D eigenvalue weighted by Gasteiger charge is 2.38. The van der Waals surface area contributed by atoms with Crippen LogP contribution in [0.15, 0.2) is 0 Å². The van der Waals surface area contributed by atoms with Gasteiger partial charge < -0.3 is 5.32 Å². The van der Waals surface area contributed by atoms with Gasteiger partial charge in [-0.3, -0.25) is 4.90 Å². The molecular formula is C16H30N2. The summed E-state index contributed by atoms with van der Waals surface area (Å²) in [5.74, 6) is 1.08. The number of hydrogen-bond donors (Lipinski definition) is 1. The summed E-state index contributed by atoms with van der Waals surface area (Å²) in [5, 5.41) is 3.87. The van der Waals surface area contributed by atoms with E-state index in [1.54, 1.807) is 0 Å². The number of nitrogens with zero attached hydrogens (tertiary/aromatic N) is 1.